The first-order valence-corrected chi connectivity index (χ1v) is 10.7. The second-order valence-electron chi connectivity index (χ2n) is 8.65. The molecule has 3 rings (SSSR count). The second kappa shape index (κ2) is 8.03. The molecule has 3 aliphatic heterocycles. The van der Waals surface area contributed by atoms with Gasteiger partial charge in [0.15, 0.2) is 11.5 Å². The predicted molar refractivity (Wildman–Crippen MR) is 108 cm³/mol. The number of methoxy groups -OCH3 is 1. The Morgan fingerprint density at radius 1 is 1.33 bits per heavy atom. The Morgan fingerprint density at radius 2 is 2.00 bits per heavy atom. The minimum Gasteiger partial charge on any atom is -0.443 e. The van der Waals surface area contributed by atoms with Crippen molar-refractivity contribution in [3.8, 4) is 0 Å². The third-order valence-electron chi connectivity index (χ3n) is 5.29. The fraction of sp³-hybridized carbons (Fsp3) is 0.842. The Labute approximate surface area is 180 Å². The molecule has 0 aromatic rings. The average Bonchev–Trinajstić information content (AvgIpc) is 3.04. The van der Waals surface area contributed by atoms with E-state index in [2.05, 4.69) is 4.99 Å². The number of aliphatic hydroxyl groups is 1. The number of fused-ring (bicyclic) bond motifs is 3. The third-order valence-corrected chi connectivity index (χ3v) is 6.45. The SMILES string of the molecule is CCN(C(=O)OC(C)(C)C)C1=N[C@@H]2[C@H]3OC(C)(O)C(C)(OC)O[C@@H]3[C@@H](C=O)O[C@@H]2S1. The molecule has 0 bridgehead atoms. The summed E-state index contributed by atoms with van der Waals surface area (Å²) in [6.45, 7) is 10.4. The van der Waals surface area contributed by atoms with Crippen LogP contribution in [0, 0.1) is 0 Å². The van der Waals surface area contributed by atoms with Gasteiger partial charge in [0.1, 0.15) is 35.4 Å². The molecule has 0 aliphatic carbocycles. The van der Waals surface area contributed by atoms with Gasteiger partial charge in [-0.25, -0.2) is 4.79 Å². The maximum Gasteiger partial charge on any atom is 0.416 e. The zero-order valence-corrected chi connectivity index (χ0v) is 19.1. The fourth-order valence-electron chi connectivity index (χ4n) is 3.49. The molecule has 7 atom stereocenters. The predicted octanol–water partition coefficient (Wildman–Crippen LogP) is 1.49. The quantitative estimate of drug-likeness (QED) is 0.644. The van der Waals surface area contributed by atoms with Gasteiger partial charge in [0.2, 0.25) is 11.6 Å². The summed E-state index contributed by atoms with van der Waals surface area (Å²) in [5, 5.41) is 11.2. The van der Waals surface area contributed by atoms with Crippen molar-refractivity contribution < 1.29 is 38.4 Å². The highest BCUT2D eigenvalue weighted by molar-refractivity contribution is 8.14. The Hall–Kier alpha value is -1.24. The van der Waals surface area contributed by atoms with Crippen LogP contribution in [0.15, 0.2) is 4.99 Å². The first kappa shape index (κ1) is 23.4. The van der Waals surface area contributed by atoms with Crippen LogP contribution in [0.3, 0.4) is 0 Å². The number of thioether (sulfide) groups is 1. The third kappa shape index (κ3) is 4.11. The van der Waals surface area contributed by atoms with Crippen molar-refractivity contribution in [2.45, 2.75) is 88.5 Å². The minimum atomic E-state index is -1.79. The first-order chi connectivity index (χ1) is 13.9. The van der Waals surface area contributed by atoms with E-state index in [1.165, 1.54) is 37.6 Å². The second-order valence-corrected chi connectivity index (χ2v) is 9.71. The Kier molecular flexibility index (Phi) is 6.27. The van der Waals surface area contributed by atoms with Crippen molar-refractivity contribution >= 4 is 29.3 Å². The number of rotatable bonds is 3. The Morgan fingerprint density at radius 3 is 2.53 bits per heavy atom. The van der Waals surface area contributed by atoms with Crippen molar-refractivity contribution in [2.24, 2.45) is 4.99 Å². The normalized spacial score (nSPS) is 40.8. The van der Waals surface area contributed by atoms with Crippen LogP contribution in [-0.4, -0.2) is 88.2 Å². The molecular formula is C19H30N2O8S. The molecule has 0 saturated carbocycles. The zero-order valence-electron chi connectivity index (χ0n) is 18.3. The molecule has 30 heavy (non-hydrogen) atoms. The summed E-state index contributed by atoms with van der Waals surface area (Å²) in [5.74, 6) is -3.30. The number of aldehydes is 1. The van der Waals surface area contributed by atoms with E-state index in [-0.39, 0.29) is 0 Å². The van der Waals surface area contributed by atoms with Crippen LogP contribution in [0.25, 0.3) is 0 Å². The van der Waals surface area contributed by atoms with Gasteiger partial charge in [-0.2, -0.15) is 0 Å². The highest BCUT2D eigenvalue weighted by Crippen LogP contribution is 2.46. The molecule has 11 heteroatoms. The number of carbonyl (C=O) groups is 2. The van der Waals surface area contributed by atoms with Crippen molar-refractivity contribution in [1.29, 1.82) is 0 Å². The highest BCUT2D eigenvalue weighted by Gasteiger charge is 2.62. The van der Waals surface area contributed by atoms with E-state index < -0.39 is 53.1 Å². The zero-order chi connectivity index (χ0) is 22.5. The van der Waals surface area contributed by atoms with Gasteiger partial charge in [-0.3, -0.25) is 9.89 Å². The summed E-state index contributed by atoms with van der Waals surface area (Å²) in [6.07, 6.45) is -2.45. The molecule has 2 fully saturated rings. The van der Waals surface area contributed by atoms with Crippen molar-refractivity contribution in [3.05, 3.63) is 0 Å². The molecule has 0 radical (unpaired) electrons. The van der Waals surface area contributed by atoms with E-state index >= 15 is 0 Å². The van der Waals surface area contributed by atoms with Gasteiger partial charge < -0.3 is 33.6 Å². The number of aliphatic imine (C=N–C) groups is 1. The van der Waals surface area contributed by atoms with Crippen molar-refractivity contribution in [2.75, 3.05) is 13.7 Å². The van der Waals surface area contributed by atoms with E-state index in [0.29, 0.717) is 18.0 Å². The lowest BCUT2D eigenvalue weighted by Gasteiger charge is -2.54. The molecule has 1 N–H and O–H groups in total. The van der Waals surface area contributed by atoms with E-state index in [1.807, 2.05) is 6.92 Å². The van der Waals surface area contributed by atoms with Gasteiger partial charge >= 0.3 is 6.09 Å². The van der Waals surface area contributed by atoms with Crippen LogP contribution in [0.4, 0.5) is 4.79 Å². The number of hydrogen-bond acceptors (Lipinski definition) is 10. The van der Waals surface area contributed by atoms with Crippen molar-refractivity contribution in [3.63, 3.8) is 0 Å². The Bertz CT molecular complexity index is 724. The smallest absolute Gasteiger partial charge is 0.416 e. The lowest BCUT2D eigenvalue weighted by Crippen LogP contribution is -2.71. The molecule has 0 aromatic heterocycles. The number of nitrogens with zero attached hydrogens (tertiary/aromatic N) is 2. The molecule has 1 amide bonds. The standard InChI is InChI=1S/C19H30N2O8S/c1-8-21(16(23)29-17(2,3)4)15-20-11-13-12(10(9-22)26-14(11)30-15)28-19(6,25-7)18(5,24)27-13/h9-14,24H,8H2,1-7H3/t10-,11-,12-,13-,14-,18?,19?/m1/s1. The molecular weight excluding hydrogens is 416 g/mol. The number of hydrogen-bond donors (Lipinski definition) is 1. The molecule has 2 saturated heterocycles. The van der Waals surface area contributed by atoms with Gasteiger partial charge in [-0.15, -0.1) is 0 Å². The molecule has 2 unspecified atom stereocenters. The largest absolute Gasteiger partial charge is 0.443 e. The minimum absolute atomic E-state index is 0.336. The van der Waals surface area contributed by atoms with Crippen LogP contribution in [-0.2, 0) is 28.5 Å². The van der Waals surface area contributed by atoms with Gasteiger partial charge in [-0.1, -0.05) is 11.8 Å². The molecule has 10 nitrogen and oxygen atoms in total. The molecule has 170 valence electrons. The van der Waals surface area contributed by atoms with E-state index in [0.717, 1.165) is 0 Å². The van der Waals surface area contributed by atoms with Crippen LogP contribution in [0.5, 0.6) is 0 Å². The van der Waals surface area contributed by atoms with Crippen LogP contribution >= 0.6 is 11.8 Å². The van der Waals surface area contributed by atoms with Crippen molar-refractivity contribution in [1.82, 2.24) is 4.90 Å². The molecule has 3 aliphatic rings. The van der Waals surface area contributed by atoms with Crippen LogP contribution in [0.2, 0.25) is 0 Å². The maximum absolute atomic E-state index is 12.6. The topological polar surface area (TPSA) is 116 Å². The summed E-state index contributed by atoms with van der Waals surface area (Å²) in [4.78, 5) is 30.4. The molecule has 3 heterocycles. The number of ether oxygens (including phenoxy) is 5. The van der Waals surface area contributed by atoms with Crippen LogP contribution < -0.4 is 0 Å². The van der Waals surface area contributed by atoms with E-state index in [9.17, 15) is 14.7 Å². The summed E-state index contributed by atoms with van der Waals surface area (Å²) in [5.41, 5.74) is -1.24. The number of carbonyl (C=O) groups excluding carboxylic acids is 2. The van der Waals surface area contributed by atoms with E-state index in [4.69, 9.17) is 23.7 Å². The van der Waals surface area contributed by atoms with Gasteiger partial charge in [0, 0.05) is 13.7 Å². The lowest BCUT2D eigenvalue weighted by atomic mass is 9.94. The summed E-state index contributed by atoms with van der Waals surface area (Å²) in [7, 11) is 1.38. The van der Waals surface area contributed by atoms with Crippen LogP contribution in [0.1, 0.15) is 41.5 Å². The van der Waals surface area contributed by atoms with E-state index in [1.54, 1.807) is 20.8 Å². The lowest BCUT2D eigenvalue weighted by molar-refractivity contribution is -0.456. The first-order valence-electron chi connectivity index (χ1n) is 9.84. The van der Waals surface area contributed by atoms with Gasteiger partial charge in [0.25, 0.3) is 0 Å². The van der Waals surface area contributed by atoms with Gasteiger partial charge in [0.05, 0.1) is 0 Å². The summed E-state index contributed by atoms with van der Waals surface area (Å²) < 4.78 is 28.6. The number of amides is 1. The highest BCUT2D eigenvalue weighted by atomic mass is 32.2. The Balaban J connectivity index is 1.89. The summed E-state index contributed by atoms with van der Waals surface area (Å²) in [6, 6.07) is -0.601. The summed E-state index contributed by atoms with van der Waals surface area (Å²) >= 11 is 1.21. The molecule has 0 spiro atoms. The van der Waals surface area contributed by atoms with Gasteiger partial charge in [-0.05, 0) is 41.5 Å². The molecule has 0 aromatic carbocycles. The maximum atomic E-state index is 12.6. The number of amidine groups is 1. The average molecular weight is 447 g/mol. The monoisotopic (exact) mass is 446 g/mol. The fourth-order valence-corrected chi connectivity index (χ4v) is 4.75.